The minimum Gasteiger partial charge on any atom is -0.250 e. The van der Waals surface area contributed by atoms with E-state index in [9.17, 15) is 0 Å². The zero-order valence-electron chi connectivity index (χ0n) is 5.84. The Balaban J connectivity index is 3.14. The topological polar surface area (TPSA) is 3.24 Å². The van der Waals surface area contributed by atoms with Gasteiger partial charge in [0.25, 0.3) is 0 Å². The molecule has 52 valence electrons. The van der Waals surface area contributed by atoms with Crippen molar-refractivity contribution >= 4 is 11.9 Å². The van der Waals surface area contributed by atoms with Crippen molar-refractivity contribution in [2.75, 3.05) is 19.3 Å². The number of nitrogens with zero attached hydrogens (tertiary/aromatic N) is 1. The van der Waals surface area contributed by atoms with Crippen LogP contribution in [0.3, 0.4) is 0 Å². The monoisotopic (exact) mass is 143 g/mol. The summed E-state index contributed by atoms with van der Waals surface area (Å²) >= 11 is 1.74. The molecule has 0 aliphatic heterocycles. The maximum atomic E-state index is 3.63. The van der Waals surface area contributed by atoms with E-state index in [2.05, 4.69) is 17.5 Å². The molecule has 0 aromatic heterocycles. The molecule has 0 heterocycles. The largest absolute Gasteiger partial charge is 0.250 e. The van der Waals surface area contributed by atoms with E-state index in [1.54, 1.807) is 11.9 Å². The molecule has 0 spiro atoms. The quantitative estimate of drug-likeness (QED) is 0.427. The van der Waals surface area contributed by atoms with Gasteiger partial charge in [-0.05, 0) is 7.05 Å². The fraction of sp³-hybridized carbons (Fsp3) is 0.429. The van der Waals surface area contributed by atoms with Crippen LogP contribution in [0, 0.1) is 0 Å². The van der Waals surface area contributed by atoms with Crippen LogP contribution in [0.4, 0.5) is 0 Å². The Morgan fingerprint density at radius 1 is 1.44 bits per heavy atom. The second-order valence-corrected chi connectivity index (χ2v) is 2.90. The fourth-order valence-electron chi connectivity index (χ4n) is 0.414. The van der Waals surface area contributed by atoms with Crippen LogP contribution >= 0.6 is 11.9 Å². The highest BCUT2D eigenvalue weighted by molar-refractivity contribution is 7.97. The standard InChI is InChI=1S/C7H13NS/c1-4-6-8(3)9-7-5-2/h4-5H,1-2,6-7H2,3H3. The minimum atomic E-state index is 0.929. The lowest BCUT2D eigenvalue weighted by molar-refractivity contribution is 0.638. The van der Waals surface area contributed by atoms with Crippen molar-refractivity contribution in [2.24, 2.45) is 0 Å². The van der Waals surface area contributed by atoms with E-state index in [4.69, 9.17) is 0 Å². The van der Waals surface area contributed by atoms with Crippen molar-refractivity contribution in [3.8, 4) is 0 Å². The summed E-state index contributed by atoms with van der Waals surface area (Å²) in [4.78, 5) is 0. The Bertz CT molecular complexity index is 90.9. The summed E-state index contributed by atoms with van der Waals surface area (Å²) in [6, 6.07) is 0. The van der Waals surface area contributed by atoms with Crippen LogP contribution in [0.5, 0.6) is 0 Å². The molecule has 0 N–H and O–H groups in total. The van der Waals surface area contributed by atoms with Gasteiger partial charge in [0.05, 0.1) is 0 Å². The summed E-state index contributed by atoms with van der Waals surface area (Å²) < 4.78 is 2.12. The van der Waals surface area contributed by atoms with E-state index in [-0.39, 0.29) is 0 Å². The molecule has 0 fully saturated rings. The van der Waals surface area contributed by atoms with Crippen molar-refractivity contribution < 1.29 is 0 Å². The van der Waals surface area contributed by atoms with E-state index >= 15 is 0 Å². The number of hydrogen-bond acceptors (Lipinski definition) is 2. The van der Waals surface area contributed by atoms with Crippen molar-refractivity contribution in [1.29, 1.82) is 0 Å². The summed E-state index contributed by atoms with van der Waals surface area (Å²) in [5.74, 6) is 0.977. The molecular formula is C7H13NS. The number of likely N-dealkylation sites (N-methyl/N-ethyl adjacent to an activating group) is 1. The van der Waals surface area contributed by atoms with Crippen LogP contribution in [-0.4, -0.2) is 23.7 Å². The van der Waals surface area contributed by atoms with Gasteiger partial charge < -0.3 is 0 Å². The van der Waals surface area contributed by atoms with Gasteiger partial charge in [0.15, 0.2) is 0 Å². The predicted octanol–water partition coefficient (Wildman–Crippen LogP) is 1.94. The molecule has 0 aromatic rings. The van der Waals surface area contributed by atoms with E-state index in [1.165, 1.54) is 0 Å². The third-order valence-electron chi connectivity index (χ3n) is 0.799. The molecule has 1 nitrogen and oxygen atoms in total. The van der Waals surface area contributed by atoms with Crippen molar-refractivity contribution in [3.63, 3.8) is 0 Å². The van der Waals surface area contributed by atoms with Gasteiger partial charge in [-0.3, -0.25) is 0 Å². The van der Waals surface area contributed by atoms with E-state index in [0.717, 1.165) is 12.3 Å². The molecule has 0 aliphatic carbocycles. The zero-order valence-corrected chi connectivity index (χ0v) is 6.66. The Labute approximate surface area is 61.6 Å². The van der Waals surface area contributed by atoms with Crippen molar-refractivity contribution in [2.45, 2.75) is 0 Å². The van der Waals surface area contributed by atoms with Crippen LogP contribution in [0.25, 0.3) is 0 Å². The van der Waals surface area contributed by atoms with Gasteiger partial charge in [-0.1, -0.05) is 24.1 Å². The molecule has 0 rings (SSSR count). The third-order valence-corrected chi connectivity index (χ3v) is 1.77. The molecular weight excluding hydrogens is 130 g/mol. The molecule has 0 aromatic carbocycles. The highest BCUT2D eigenvalue weighted by Gasteiger charge is 1.90. The Kier molecular flexibility index (Phi) is 5.78. The van der Waals surface area contributed by atoms with Crippen LogP contribution in [-0.2, 0) is 0 Å². The molecule has 0 atom stereocenters. The van der Waals surface area contributed by atoms with Gasteiger partial charge in [-0.15, -0.1) is 13.2 Å². The third kappa shape index (κ3) is 5.66. The Morgan fingerprint density at radius 2 is 2.11 bits per heavy atom. The first-order valence-corrected chi connectivity index (χ1v) is 3.81. The average Bonchev–Trinajstić information content (AvgIpc) is 1.85. The predicted molar refractivity (Wildman–Crippen MR) is 45.5 cm³/mol. The summed E-state index contributed by atoms with van der Waals surface area (Å²) in [6.45, 7) is 8.18. The fourth-order valence-corrected chi connectivity index (χ4v) is 0.985. The molecule has 0 bridgehead atoms. The lowest BCUT2D eigenvalue weighted by Gasteiger charge is -2.09. The van der Waals surface area contributed by atoms with Crippen molar-refractivity contribution in [3.05, 3.63) is 25.3 Å². The van der Waals surface area contributed by atoms with Crippen LogP contribution in [0.1, 0.15) is 0 Å². The van der Waals surface area contributed by atoms with Crippen molar-refractivity contribution in [1.82, 2.24) is 4.31 Å². The van der Waals surface area contributed by atoms with Gasteiger partial charge in [0.1, 0.15) is 0 Å². The lowest BCUT2D eigenvalue weighted by atomic mass is 10.6. The zero-order chi connectivity index (χ0) is 7.11. The molecule has 2 heteroatoms. The molecule has 0 unspecified atom stereocenters. The molecule has 0 saturated heterocycles. The maximum Gasteiger partial charge on any atom is 0.0264 e. The van der Waals surface area contributed by atoms with Gasteiger partial charge >= 0.3 is 0 Å². The van der Waals surface area contributed by atoms with Crippen LogP contribution in [0.2, 0.25) is 0 Å². The Morgan fingerprint density at radius 3 is 2.56 bits per heavy atom. The molecule has 0 aliphatic rings. The number of hydrogen-bond donors (Lipinski definition) is 0. The van der Waals surface area contributed by atoms with Gasteiger partial charge in [0, 0.05) is 12.3 Å². The Hall–Kier alpha value is -0.210. The van der Waals surface area contributed by atoms with E-state index in [1.807, 2.05) is 19.2 Å². The number of rotatable bonds is 5. The van der Waals surface area contributed by atoms with Gasteiger partial charge in [-0.25, -0.2) is 4.31 Å². The first-order chi connectivity index (χ1) is 4.31. The smallest absolute Gasteiger partial charge is 0.0264 e. The average molecular weight is 143 g/mol. The van der Waals surface area contributed by atoms with E-state index < -0.39 is 0 Å². The van der Waals surface area contributed by atoms with Gasteiger partial charge in [-0.2, -0.15) is 0 Å². The summed E-state index contributed by atoms with van der Waals surface area (Å²) in [7, 11) is 2.04. The summed E-state index contributed by atoms with van der Waals surface area (Å²) in [5, 5.41) is 0. The first kappa shape index (κ1) is 8.79. The second-order valence-electron chi connectivity index (χ2n) is 1.68. The normalized spacial score (nSPS) is 9.56. The molecule has 9 heavy (non-hydrogen) atoms. The lowest BCUT2D eigenvalue weighted by Crippen LogP contribution is -2.08. The minimum absolute atomic E-state index is 0.929. The first-order valence-electron chi connectivity index (χ1n) is 2.87. The van der Waals surface area contributed by atoms with Gasteiger partial charge in [0.2, 0.25) is 0 Å². The highest BCUT2D eigenvalue weighted by atomic mass is 32.2. The van der Waals surface area contributed by atoms with Crippen LogP contribution in [0.15, 0.2) is 25.3 Å². The SMILES string of the molecule is C=CCSN(C)CC=C. The molecule has 0 amide bonds. The second kappa shape index (κ2) is 5.92. The van der Waals surface area contributed by atoms with E-state index in [0.29, 0.717) is 0 Å². The molecule has 0 radical (unpaired) electrons. The summed E-state index contributed by atoms with van der Waals surface area (Å²) in [5.41, 5.74) is 0. The highest BCUT2D eigenvalue weighted by Crippen LogP contribution is 2.04. The maximum absolute atomic E-state index is 3.63. The molecule has 0 saturated carbocycles. The summed E-state index contributed by atoms with van der Waals surface area (Å²) in [6.07, 6.45) is 3.78. The van der Waals surface area contributed by atoms with Crippen LogP contribution < -0.4 is 0 Å².